The number of hydrogen-bond donors (Lipinski definition) is 1. The maximum absolute atomic E-state index is 12.6. The van der Waals surface area contributed by atoms with Crippen LogP contribution in [0.25, 0.3) is 10.1 Å². The number of fused-ring (bicyclic) bond motifs is 1. The van der Waals surface area contributed by atoms with Crippen LogP contribution in [0.3, 0.4) is 0 Å². The maximum atomic E-state index is 12.6. The summed E-state index contributed by atoms with van der Waals surface area (Å²) in [7, 11) is -3.76. The minimum Gasteiger partial charge on any atom is -0.480 e. The number of carboxylic acids is 1. The van der Waals surface area contributed by atoms with Crippen molar-refractivity contribution < 1.29 is 18.3 Å². The van der Waals surface area contributed by atoms with Gasteiger partial charge in [0.1, 0.15) is 0 Å². The molecule has 4 nitrogen and oxygen atoms in total. The van der Waals surface area contributed by atoms with E-state index < -0.39 is 21.1 Å². The summed E-state index contributed by atoms with van der Waals surface area (Å²) >= 11 is 1.48. The van der Waals surface area contributed by atoms with Crippen molar-refractivity contribution in [2.24, 2.45) is 5.41 Å². The Hall–Kier alpha value is -1.40. The number of rotatable bonds is 5. The summed E-state index contributed by atoms with van der Waals surface area (Å²) in [5, 5.41) is 10.7. The molecule has 1 heterocycles. The number of hydrogen-bond acceptors (Lipinski definition) is 4. The molecule has 1 aromatic heterocycles. The van der Waals surface area contributed by atoms with Gasteiger partial charge in [-0.2, -0.15) is 0 Å². The van der Waals surface area contributed by atoms with E-state index in [2.05, 4.69) is 0 Å². The Bertz CT molecular complexity index is 782. The standard InChI is InChI=1S/C16H20O4S2/c1-16(2,3)8-14(15(17)18)22(19,20)10-11-9-21-13-7-5-4-6-12(11)13/h4-7,9,14H,8,10H2,1-3H3,(H,17,18). The van der Waals surface area contributed by atoms with Gasteiger partial charge in [-0.1, -0.05) is 39.0 Å². The molecular formula is C16H20O4S2. The van der Waals surface area contributed by atoms with Gasteiger partial charge in [0.05, 0.1) is 5.75 Å². The van der Waals surface area contributed by atoms with Crippen LogP contribution in [0.15, 0.2) is 29.6 Å². The van der Waals surface area contributed by atoms with Crippen molar-refractivity contribution in [1.82, 2.24) is 0 Å². The first-order valence-electron chi connectivity index (χ1n) is 7.00. The highest BCUT2D eigenvalue weighted by Crippen LogP contribution is 2.30. The number of aliphatic carboxylic acids is 1. The fourth-order valence-electron chi connectivity index (χ4n) is 2.39. The summed E-state index contributed by atoms with van der Waals surface area (Å²) in [5.41, 5.74) is 0.313. The van der Waals surface area contributed by atoms with Gasteiger partial charge in [0.15, 0.2) is 15.1 Å². The van der Waals surface area contributed by atoms with E-state index in [1.807, 2.05) is 45.0 Å². The average molecular weight is 340 g/mol. The Kier molecular flexibility index (Phi) is 4.63. The van der Waals surface area contributed by atoms with Gasteiger partial charge in [-0.05, 0) is 34.2 Å². The van der Waals surface area contributed by atoms with E-state index in [9.17, 15) is 18.3 Å². The molecule has 1 unspecified atom stereocenters. The molecule has 0 aliphatic heterocycles. The minimum atomic E-state index is -3.76. The van der Waals surface area contributed by atoms with Gasteiger partial charge in [-0.15, -0.1) is 11.3 Å². The monoisotopic (exact) mass is 340 g/mol. The number of thiophene rings is 1. The van der Waals surface area contributed by atoms with Gasteiger partial charge in [0.2, 0.25) is 0 Å². The molecule has 0 saturated heterocycles. The summed E-state index contributed by atoms with van der Waals surface area (Å²) in [5.74, 6) is -1.50. The quantitative estimate of drug-likeness (QED) is 0.901. The Morgan fingerprint density at radius 2 is 1.91 bits per heavy atom. The van der Waals surface area contributed by atoms with E-state index in [-0.39, 0.29) is 17.6 Å². The van der Waals surface area contributed by atoms with E-state index in [1.165, 1.54) is 11.3 Å². The van der Waals surface area contributed by atoms with Crippen LogP contribution >= 0.6 is 11.3 Å². The van der Waals surface area contributed by atoms with Gasteiger partial charge in [0.25, 0.3) is 0 Å². The maximum Gasteiger partial charge on any atom is 0.321 e. The van der Waals surface area contributed by atoms with E-state index in [4.69, 9.17) is 0 Å². The summed E-state index contributed by atoms with van der Waals surface area (Å²) < 4.78 is 26.2. The number of sulfone groups is 1. The van der Waals surface area contributed by atoms with E-state index >= 15 is 0 Å². The third-order valence-electron chi connectivity index (χ3n) is 3.42. The second-order valence-corrected chi connectivity index (χ2v) is 9.75. The Balaban J connectivity index is 2.34. The smallest absolute Gasteiger partial charge is 0.321 e. The molecule has 1 atom stereocenters. The molecule has 1 aromatic carbocycles. The normalized spacial score (nSPS) is 14.1. The lowest BCUT2D eigenvalue weighted by atomic mass is 9.90. The Labute approximate surface area is 134 Å². The van der Waals surface area contributed by atoms with Crippen LogP contribution < -0.4 is 0 Å². The van der Waals surface area contributed by atoms with Crippen LogP contribution in [-0.2, 0) is 20.4 Å². The zero-order chi connectivity index (χ0) is 16.5. The predicted octanol–water partition coefficient (Wildman–Crippen LogP) is 3.71. The molecule has 22 heavy (non-hydrogen) atoms. The molecule has 0 spiro atoms. The first kappa shape index (κ1) is 17.0. The van der Waals surface area contributed by atoms with Crippen LogP contribution in [0.5, 0.6) is 0 Å². The lowest BCUT2D eigenvalue weighted by molar-refractivity contribution is -0.137. The second kappa shape index (κ2) is 6.01. The molecule has 2 rings (SSSR count). The molecule has 0 aliphatic carbocycles. The molecule has 0 bridgehead atoms. The minimum absolute atomic E-state index is 0.104. The summed E-state index contributed by atoms with van der Waals surface area (Å²) in [6.07, 6.45) is 0.104. The molecule has 0 fully saturated rings. The summed E-state index contributed by atoms with van der Waals surface area (Å²) in [4.78, 5) is 11.4. The fraction of sp³-hybridized carbons (Fsp3) is 0.438. The molecule has 0 radical (unpaired) electrons. The second-order valence-electron chi connectivity index (χ2n) is 6.66. The van der Waals surface area contributed by atoms with Crippen LogP contribution in [0, 0.1) is 5.41 Å². The van der Waals surface area contributed by atoms with Crippen molar-refractivity contribution in [3.63, 3.8) is 0 Å². The number of benzene rings is 1. The number of carboxylic acid groups (broad SMARTS) is 1. The highest BCUT2D eigenvalue weighted by atomic mass is 32.2. The molecule has 0 saturated carbocycles. The van der Waals surface area contributed by atoms with Gasteiger partial charge in [-0.25, -0.2) is 8.42 Å². The molecule has 0 amide bonds. The zero-order valence-electron chi connectivity index (χ0n) is 12.9. The molecule has 1 N–H and O–H groups in total. The van der Waals surface area contributed by atoms with Gasteiger partial charge < -0.3 is 5.11 Å². The predicted molar refractivity (Wildman–Crippen MR) is 89.9 cm³/mol. The summed E-state index contributed by atoms with van der Waals surface area (Å²) in [6.45, 7) is 5.54. The van der Waals surface area contributed by atoms with Crippen LogP contribution in [-0.4, -0.2) is 24.7 Å². The van der Waals surface area contributed by atoms with Crippen molar-refractivity contribution in [1.29, 1.82) is 0 Å². The summed E-state index contributed by atoms with van der Waals surface area (Å²) in [6, 6.07) is 7.56. The van der Waals surface area contributed by atoms with E-state index in [1.54, 1.807) is 5.38 Å². The molecule has 0 aliphatic rings. The third-order valence-corrected chi connectivity index (χ3v) is 6.39. The van der Waals surface area contributed by atoms with Gasteiger partial charge >= 0.3 is 5.97 Å². The van der Waals surface area contributed by atoms with Crippen LogP contribution in [0.4, 0.5) is 0 Å². The third kappa shape index (κ3) is 3.87. The fourth-order valence-corrected chi connectivity index (χ4v) is 5.39. The topological polar surface area (TPSA) is 71.4 Å². The Morgan fingerprint density at radius 3 is 2.50 bits per heavy atom. The Morgan fingerprint density at radius 1 is 1.27 bits per heavy atom. The van der Waals surface area contributed by atoms with E-state index in [0.29, 0.717) is 5.56 Å². The van der Waals surface area contributed by atoms with Gasteiger partial charge in [-0.3, -0.25) is 4.79 Å². The van der Waals surface area contributed by atoms with Crippen LogP contribution in [0.1, 0.15) is 32.8 Å². The first-order chi connectivity index (χ1) is 10.1. The lowest BCUT2D eigenvalue weighted by Gasteiger charge is -2.23. The highest BCUT2D eigenvalue weighted by Gasteiger charge is 2.36. The van der Waals surface area contributed by atoms with Crippen molar-refractivity contribution in [2.45, 2.75) is 38.2 Å². The van der Waals surface area contributed by atoms with Crippen molar-refractivity contribution >= 4 is 37.2 Å². The molecular weight excluding hydrogens is 320 g/mol. The first-order valence-corrected chi connectivity index (χ1v) is 9.59. The van der Waals surface area contributed by atoms with E-state index in [0.717, 1.165) is 10.1 Å². The van der Waals surface area contributed by atoms with Crippen LogP contribution in [0.2, 0.25) is 0 Å². The lowest BCUT2D eigenvalue weighted by Crippen LogP contribution is -2.34. The highest BCUT2D eigenvalue weighted by molar-refractivity contribution is 7.92. The molecule has 120 valence electrons. The van der Waals surface area contributed by atoms with Crippen molar-refractivity contribution in [2.75, 3.05) is 0 Å². The molecule has 6 heteroatoms. The van der Waals surface area contributed by atoms with Crippen molar-refractivity contribution in [3.8, 4) is 0 Å². The number of carbonyl (C=O) groups is 1. The van der Waals surface area contributed by atoms with Crippen molar-refractivity contribution in [3.05, 3.63) is 35.2 Å². The molecule has 2 aromatic rings. The zero-order valence-corrected chi connectivity index (χ0v) is 14.5. The van der Waals surface area contributed by atoms with Gasteiger partial charge in [0, 0.05) is 4.70 Å². The SMILES string of the molecule is CC(C)(C)CC(C(=O)O)S(=O)(=O)Cc1csc2ccccc12. The average Bonchev–Trinajstić information content (AvgIpc) is 2.78. The largest absolute Gasteiger partial charge is 0.480 e.